The molecular weight excluding hydrogens is 280 g/mol. The number of fused-ring (bicyclic) bond motifs is 1. The van der Waals surface area contributed by atoms with Gasteiger partial charge in [0.25, 0.3) is 0 Å². The van der Waals surface area contributed by atoms with E-state index in [9.17, 15) is 0 Å². The number of aryl methyl sites for hydroxylation is 1. The van der Waals surface area contributed by atoms with Gasteiger partial charge in [0.15, 0.2) is 4.60 Å². The van der Waals surface area contributed by atoms with Crippen molar-refractivity contribution < 1.29 is 0 Å². The second kappa shape index (κ2) is 3.92. The molecule has 1 atom stereocenters. The fraction of sp³-hybridized carbons (Fsp3) is 0.333. The molecule has 0 saturated heterocycles. The number of aromatic nitrogens is 3. The Hall–Kier alpha value is -1.20. The van der Waals surface area contributed by atoms with Crippen molar-refractivity contribution in [3.63, 3.8) is 0 Å². The van der Waals surface area contributed by atoms with Gasteiger partial charge in [0.05, 0.1) is 0 Å². The highest BCUT2D eigenvalue weighted by Crippen LogP contribution is 2.37. The summed E-state index contributed by atoms with van der Waals surface area (Å²) in [4.78, 5) is 0. The van der Waals surface area contributed by atoms with Gasteiger partial charge >= 0.3 is 0 Å². The monoisotopic (exact) mass is 292 g/mol. The smallest absolute Gasteiger partial charge is 0.156 e. The van der Waals surface area contributed by atoms with Crippen LogP contribution in [0.25, 0.3) is 11.3 Å². The van der Waals surface area contributed by atoms with Crippen LogP contribution in [0.4, 0.5) is 0 Å². The lowest BCUT2D eigenvalue weighted by Crippen LogP contribution is -2.05. The second-order valence-corrected chi connectivity index (χ2v) is 5.12. The number of halogens is 1. The van der Waals surface area contributed by atoms with Crippen LogP contribution in [0.15, 0.2) is 22.8 Å². The average molecular weight is 293 g/mol. The van der Waals surface area contributed by atoms with Gasteiger partial charge in [-0.1, -0.05) is 23.4 Å². The zero-order chi connectivity index (χ0) is 12.0. The Labute approximate surface area is 108 Å². The van der Waals surface area contributed by atoms with E-state index >= 15 is 0 Å². The predicted molar refractivity (Wildman–Crippen MR) is 69.4 cm³/mol. The van der Waals surface area contributed by atoms with Gasteiger partial charge in [-0.15, -0.1) is 5.10 Å². The number of hydrogen-bond donors (Lipinski definition) is 1. The van der Waals surface area contributed by atoms with Gasteiger partial charge in [-0.2, -0.15) is 0 Å². The van der Waals surface area contributed by atoms with Gasteiger partial charge in [0.2, 0.25) is 0 Å². The van der Waals surface area contributed by atoms with Crippen LogP contribution in [0.3, 0.4) is 0 Å². The number of benzene rings is 1. The largest absolute Gasteiger partial charge is 0.324 e. The highest BCUT2D eigenvalue weighted by Gasteiger charge is 2.24. The minimum Gasteiger partial charge on any atom is -0.324 e. The summed E-state index contributed by atoms with van der Waals surface area (Å²) in [5, 5.41) is 8.06. The molecule has 1 aliphatic rings. The lowest BCUT2D eigenvalue weighted by Gasteiger charge is -2.09. The molecule has 0 spiro atoms. The van der Waals surface area contributed by atoms with Gasteiger partial charge in [0.1, 0.15) is 5.69 Å². The molecular formula is C12H13BrN4. The summed E-state index contributed by atoms with van der Waals surface area (Å²) in [5.41, 5.74) is 10.9. The van der Waals surface area contributed by atoms with E-state index < -0.39 is 0 Å². The van der Waals surface area contributed by atoms with Crippen LogP contribution in [-0.4, -0.2) is 15.0 Å². The lowest BCUT2D eigenvalue weighted by molar-refractivity contribution is 0.713. The minimum absolute atomic E-state index is 0.171. The summed E-state index contributed by atoms with van der Waals surface area (Å²) in [6, 6.07) is 6.46. The van der Waals surface area contributed by atoms with Crippen LogP contribution in [0.1, 0.15) is 23.6 Å². The molecule has 0 bridgehead atoms. The Bertz CT molecular complexity index is 556. The molecule has 0 fully saturated rings. The molecule has 4 nitrogen and oxygen atoms in total. The maximum absolute atomic E-state index is 6.09. The highest BCUT2D eigenvalue weighted by molar-refractivity contribution is 9.10. The molecule has 5 heteroatoms. The minimum atomic E-state index is 0.171. The maximum atomic E-state index is 6.09. The SMILES string of the molecule is Cn1nnc(Br)c1-c1cccc2c1CCC2N. The van der Waals surface area contributed by atoms with Gasteiger partial charge in [-0.25, -0.2) is 4.68 Å². The fourth-order valence-corrected chi connectivity index (χ4v) is 3.07. The quantitative estimate of drug-likeness (QED) is 0.877. The van der Waals surface area contributed by atoms with Crippen molar-refractivity contribution in [2.24, 2.45) is 12.8 Å². The third kappa shape index (κ3) is 1.61. The van der Waals surface area contributed by atoms with Crippen LogP contribution in [0, 0.1) is 0 Å². The zero-order valence-corrected chi connectivity index (χ0v) is 11.1. The van der Waals surface area contributed by atoms with Crippen LogP contribution < -0.4 is 5.73 Å². The lowest BCUT2D eigenvalue weighted by atomic mass is 10.0. The average Bonchev–Trinajstić information content (AvgIpc) is 2.84. The molecule has 3 rings (SSSR count). The first-order valence-electron chi connectivity index (χ1n) is 5.61. The second-order valence-electron chi connectivity index (χ2n) is 4.37. The first kappa shape index (κ1) is 10.9. The summed E-state index contributed by atoms with van der Waals surface area (Å²) in [7, 11) is 1.90. The van der Waals surface area contributed by atoms with E-state index in [0.717, 1.165) is 23.1 Å². The molecule has 1 aliphatic carbocycles. The summed E-state index contributed by atoms with van der Waals surface area (Å²) < 4.78 is 2.58. The van der Waals surface area contributed by atoms with Crippen molar-refractivity contribution in [1.29, 1.82) is 0 Å². The van der Waals surface area contributed by atoms with E-state index in [4.69, 9.17) is 5.73 Å². The number of nitrogens with two attached hydrogens (primary N) is 1. The molecule has 2 aromatic rings. The van der Waals surface area contributed by atoms with Crippen LogP contribution >= 0.6 is 15.9 Å². The normalized spacial score (nSPS) is 18.4. The molecule has 1 aromatic heterocycles. The van der Waals surface area contributed by atoms with Gasteiger partial charge < -0.3 is 5.73 Å². The third-order valence-electron chi connectivity index (χ3n) is 3.36. The zero-order valence-electron chi connectivity index (χ0n) is 9.52. The molecule has 0 amide bonds. The number of rotatable bonds is 1. The summed E-state index contributed by atoms with van der Waals surface area (Å²) in [6.07, 6.45) is 2.06. The molecule has 88 valence electrons. The molecule has 1 aromatic carbocycles. The maximum Gasteiger partial charge on any atom is 0.156 e. The van der Waals surface area contributed by atoms with Crippen molar-refractivity contribution in [2.45, 2.75) is 18.9 Å². The van der Waals surface area contributed by atoms with E-state index in [0.29, 0.717) is 0 Å². The molecule has 1 heterocycles. The van der Waals surface area contributed by atoms with E-state index in [-0.39, 0.29) is 6.04 Å². The Kier molecular flexibility index (Phi) is 2.52. The van der Waals surface area contributed by atoms with Gasteiger partial charge in [-0.05, 0) is 39.9 Å². The number of hydrogen-bond acceptors (Lipinski definition) is 3. The first-order valence-corrected chi connectivity index (χ1v) is 6.40. The van der Waals surface area contributed by atoms with Gasteiger partial charge in [-0.3, -0.25) is 0 Å². The van der Waals surface area contributed by atoms with Crippen LogP contribution in [0.5, 0.6) is 0 Å². The van der Waals surface area contributed by atoms with Crippen molar-refractivity contribution in [1.82, 2.24) is 15.0 Å². The molecule has 17 heavy (non-hydrogen) atoms. The summed E-state index contributed by atoms with van der Waals surface area (Å²) >= 11 is 3.45. The van der Waals surface area contributed by atoms with Crippen LogP contribution in [0.2, 0.25) is 0 Å². The van der Waals surface area contributed by atoms with Crippen molar-refractivity contribution in [3.05, 3.63) is 33.9 Å². The topological polar surface area (TPSA) is 56.7 Å². The third-order valence-corrected chi connectivity index (χ3v) is 3.89. The van der Waals surface area contributed by atoms with E-state index in [1.807, 2.05) is 7.05 Å². The predicted octanol–water partition coefficient (Wildman–Crippen LogP) is 2.19. The molecule has 0 aliphatic heterocycles. The number of nitrogens with zero attached hydrogens (tertiary/aromatic N) is 3. The standard InChI is InChI=1S/C12H13BrN4/c1-17-11(12(13)15-16-17)9-4-2-3-8-7(9)5-6-10(8)14/h2-4,10H,5-6,14H2,1H3. The highest BCUT2D eigenvalue weighted by atomic mass is 79.9. The van der Waals surface area contributed by atoms with E-state index in [1.165, 1.54) is 16.7 Å². The summed E-state index contributed by atoms with van der Waals surface area (Å²) in [6.45, 7) is 0. The molecule has 0 saturated carbocycles. The Morgan fingerprint density at radius 2 is 2.29 bits per heavy atom. The van der Waals surface area contributed by atoms with Crippen molar-refractivity contribution >= 4 is 15.9 Å². The summed E-state index contributed by atoms with van der Waals surface area (Å²) in [5.74, 6) is 0. The Morgan fingerprint density at radius 3 is 3.00 bits per heavy atom. The van der Waals surface area contributed by atoms with E-state index in [1.54, 1.807) is 4.68 Å². The molecule has 0 radical (unpaired) electrons. The molecule has 2 N–H and O–H groups in total. The van der Waals surface area contributed by atoms with E-state index in [2.05, 4.69) is 44.4 Å². The Morgan fingerprint density at radius 1 is 1.47 bits per heavy atom. The Balaban J connectivity index is 2.24. The molecule has 1 unspecified atom stereocenters. The fourth-order valence-electron chi connectivity index (χ4n) is 2.53. The van der Waals surface area contributed by atoms with Gasteiger partial charge in [0, 0.05) is 18.7 Å². The van der Waals surface area contributed by atoms with Crippen molar-refractivity contribution in [2.75, 3.05) is 0 Å². The van der Waals surface area contributed by atoms with Crippen LogP contribution in [-0.2, 0) is 13.5 Å². The van der Waals surface area contributed by atoms with Crippen molar-refractivity contribution in [3.8, 4) is 11.3 Å². The first-order chi connectivity index (χ1) is 8.18.